The number of nitrogens with zero attached hydrogens (tertiary/aromatic N) is 4. The molecule has 130 valence electrons. The van der Waals surface area contributed by atoms with Crippen LogP contribution in [-0.4, -0.2) is 44.2 Å². The highest BCUT2D eigenvalue weighted by Crippen LogP contribution is 2.14. The Labute approximate surface area is 139 Å². The minimum absolute atomic E-state index is 0.250. The lowest BCUT2D eigenvalue weighted by Gasteiger charge is -2.11. The third-order valence-corrected chi connectivity index (χ3v) is 3.59. The molecule has 0 aliphatic carbocycles. The number of benzene rings is 1. The van der Waals surface area contributed by atoms with Crippen molar-refractivity contribution in [2.45, 2.75) is 38.3 Å². The summed E-state index contributed by atoms with van der Waals surface area (Å²) in [6.45, 7) is 0.807. The van der Waals surface area contributed by atoms with Crippen molar-refractivity contribution in [3.05, 3.63) is 41.5 Å². The first-order valence-corrected chi connectivity index (χ1v) is 7.80. The number of halogens is 1. The van der Waals surface area contributed by atoms with Crippen LogP contribution in [0.1, 0.15) is 36.7 Å². The minimum Gasteiger partial charge on any atom is -0.402 e. The van der Waals surface area contributed by atoms with Crippen LogP contribution in [0.2, 0.25) is 0 Å². The Kier molecular flexibility index (Phi) is 7.25. The summed E-state index contributed by atoms with van der Waals surface area (Å²) >= 11 is 0. The standard InChI is InChI=1S/C14H21BFN5O3/c16-12-6-4-11(5-7-12)8-9-21-14(18-19-20-21)13(17)3-1-2-10-24-15(22)23/h4-7,13,22-23H,1-3,8-10,17H2. The molecular weight excluding hydrogens is 316 g/mol. The highest BCUT2D eigenvalue weighted by Gasteiger charge is 2.15. The summed E-state index contributed by atoms with van der Waals surface area (Å²) in [4.78, 5) is 0. The number of rotatable bonds is 10. The molecular formula is C14H21BFN5O3. The maximum atomic E-state index is 12.9. The molecule has 0 radical (unpaired) electrons. The number of unbranched alkanes of at least 4 members (excludes halogenated alkanes) is 1. The molecule has 0 saturated heterocycles. The van der Waals surface area contributed by atoms with Crippen LogP contribution in [0.3, 0.4) is 0 Å². The third-order valence-electron chi connectivity index (χ3n) is 3.59. The summed E-state index contributed by atoms with van der Waals surface area (Å²) in [6.07, 6.45) is 2.73. The Bertz CT molecular complexity index is 611. The van der Waals surface area contributed by atoms with Gasteiger partial charge in [-0.05, 0) is 53.8 Å². The molecule has 1 aromatic carbocycles. The zero-order valence-corrected chi connectivity index (χ0v) is 13.3. The molecule has 0 spiro atoms. The van der Waals surface area contributed by atoms with E-state index in [0.29, 0.717) is 31.6 Å². The lowest BCUT2D eigenvalue weighted by molar-refractivity contribution is 0.181. The molecule has 2 rings (SSSR count). The molecule has 1 unspecified atom stereocenters. The van der Waals surface area contributed by atoms with Gasteiger partial charge in [-0.25, -0.2) is 9.07 Å². The Morgan fingerprint density at radius 2 is 2.00 bits per heavy atom. The second-order valence-electron chi connectivity index (χ2n) is 5.44. The zero-order valence-electron chi connectivity index (χ0n) is 13.3. The van der Waals surface area contributed by atoms with Crippen LogP contribution in [0, 0.1) is 5.82 Å². The number of hydrogen-bond acceptors (Lipinski definition) is 7. The van der Waals surface area contributed by atoms with E-state index in [1.807, 2.05) is 0 Å². The monoisotopic (exact) mass is 337 g/mol. The first-order valence-electron chi connectivity index (χ1n) is 7.80. The summed E-state index contributed by atoms with van der Waals surface area (Å²) in [5.74, 6) is 0.335. The van der Waals surface area contributed by atoms with Gasteiger partial charge in [-0.1, -0.05) is 12.1 Å². The van der Waals surface area contributed by atoms with Gasteiger partial charge in [0.15, 0.2) is 5.82 Å². The van der Waals surface area contributed by atoms with Gasteiger partial charge in [0.2, 0.25) is 0 Å². The smallest absolute Gasteiger partial charge is 0.402 e. The molecule has 1 aromatic heterocycles. The Hall–Kier alpha value is -1.88. The van der Waals surface area contributed by atoms with Gasteiger partial charge in [0.25, 0.3) is 0 Å². The molecule has 0 aliphatic rings. The normalized spacial score (nSPS) is 12.3. The third kappa shape index (κ3) is 5.97. The number of aryl methyl sites for hydroxylation is 2. The average molecular weight is 337 g/mol. The molecule has 2 aromatic rings. The SMILES string of the molecule is NC(CCCCOB(O)O)c1nnnn1CCc1ccc(F)cc1. The van der Waals surface area contributed by atoms with E-state index < -0.39 is 7.32 Å². The van der Waals surface area contributed by atoms with Crippen molar-refractivity contribution in [2.24, 2.45) is 5.73 Å². The number of aromatic nitrogens is 4. The lowest BCUT2D eigenvalue weighted by Crippen LogP contribution is -2.19. The fourth-order valence-electron chi connectivity index (χ4n) is 2.31. The van der Waals surface area contributed by atoms with Crippen LogP contribution in [0.25, 0.3) is 0 Å². The van der Waals surface area contributed by atoms with Crippen molar-refractivity contribution >= 4 is 7.32 Å². The van der Waals surface area contributed by atoms with Crippen LogP contribution in [0.5, 0.6) is 0 Å². The van der Waals surface area contributed by atoms with Crippen LogP contribution < -0.4 is 5.73 Å². The van der Waals surface area contributed by atoms with Gasteiger partial charge in [0, 0.05) is 13.2 Å². The fraction of sp³-hybridized carbons (Fsp3) is 0.500. The lowest BCUT2D eigenvalue weighted by atomic mass is 10.1. The van der Waals surface area contributed by atoms with Crippen LogP contribution >= 0.6 is 0 Å². The molecule has 8 nitrogen and oxygen atoms in total. The molecule has 0 amide bonds. The molecule has 0 aliphatic heterocycles. The van der Waals surface area contributed by atoms with E-state index in [1.54, 1.807) is 16.8 Å². The molecule has 24 heavy (non-hydrogen) atoms. The van der Waals surface area contributed by atoms with E-state index in [-0.39, 0.29) is 18.5 Å². The predicted molar refractivity (Wildman–Crippen MR) is 84.8 cm³/mol. The average Bonchev–Trinajstić information content (AvgIpc) is 3.02. The van der Waals surface area contributed by atoms with Crippen LogP contribution in [0.4, 0.5) is 4.39 Å². The first kappa shape index (κ1) is 18.5. The van der Waals surface area contributed by atoms with Crippen molar-refractivity contribution in [2.75, 3.05) is 6.61 Å². The van der Waals surface area contributed by atoms with E-state index >= 15 is 0 Å². The number of tetrazole rings is 1. The van der Waals surface area contributed by atoms with Gasteiger partial charge in [-0.3, -0.25) is 0 Å². The molecule has 4 N–H and O–H groups in total. The van der Waals surface area contributed by atoms with Crippen molar-refractivity contribution in [3.63, 3.8) is 0 Å². The maximum absolute atomic E-state index is 12.9. The molecule has 0 bridgehead atoms. The van der Waals surface area contributed by atoms with E-state index in [2.05, 4.69) is 20.2 Å². The Balaban J connectivity index is 1.79. The maximum Gasteiger partial charge on any atom is 0.633 e. The highest BCUT2D eigenvalue weighted by molar-refractivity contribution is 6.32. The summed E-state index contributed by atoms with van der Waals surface area (Å²) < 4.78 is 19.2. The number of nitrogens with two attached hydrogens (primary N) is 1. The van der Waals surface area contributed by atoms with E-state index in [4.69, 9.17) is 15.8 Å². The van der Waals surface area contributed by atoms with Gasteiger partial charge in [0.1, 0.15) is 5.82 Å². The second-order valence-corrected chi connectivity index (χ2v) is 5.44. The topological polar surface area (TPSA) is 119 Å². The fourth-order valence-corrected chi connectivity index (χ4v) is 2.31. The summed E-state index contributed by atoms with van der Waals surface area (Å²) in [5.41, 5.74) is 7.11. The molecule has 1 atom stereocenters. The number of hydrogen-bond donors (Lipinski definition) is 3. The molecule has 10 heteroatoms. The second kappa shape index (κ2) is 9.43. The minimum atomic E-state index is -1.74. The quantitative estimate of drug-likeness (QED) is 0.419. The van der Waals surface area contributed by atoms with Gasteiger partial charge < -0.3 is 20.4 Å². The zero-order chi connectivity index (χ0) is 17.4. The van der Waals surface area contributed by atoms with Crippen LogP contribution in [0.15, 0.2) is 24.3 Å². The van der Waals surface area contributed by atoms with E-state index in [9.17, 15) is 4.39 Å². The predicted octanol–water partition coefficient (Wildman–Crippen LogP) is 0.211. The van der Waals surface area contributed by atoms with Crippen molar-refractivity contribution < 1.29 is 19.1 Å². The summed E-state index contributed by atoms with van der Waals surface area (Å²) in [6, 6.07) is 6.00. The Morgan fingerprint density at radius 3 is 2.71 bits per heavy atom. The van der Waals surface area contributed by atoms with Gasteiger partial charge in [-0.15, -0.1) is 5.10 Å². The van der Waals surface area contributed by atoms with Gasteiger partial charge >= 0.3 is 7.32 Å². The molecule has 1 heterocycles. The van der Waals surface area contributed by atoms with E-state index in [1.165, 1.54) is 12.1 Å². The summed E-state index contributed by atoms with van der Waals surface area (Å²) in [5, 5.41) is 28.7. The van der Waals surface area contributed by atoms with Gasteiger partial charge in [0.05, 0.1) is 6.04 Å². The largest absolute Gasteiger partial charge is 0.633 e. The van der Waals surface area contributed by atoms with Crippen molar-refractivity contribution in [1.29, 1.82) is 0 Å². The highest BCUT2D eigenvalue weighted by atomic mass is 19.1. The van der Waals surface area contributed by atoms with Crippen LogP contribution in [-0.2, 0) is 17.6 Å². The Morgan fingerprint density at radius 1 is 1.25 bits per heavy atom. The molecule has 0 fully saturated rings. The van der Waals surface area contributed by atoms with Crippen molar-refractivity contribution in [1.82, 2.24) is 20.2 Å². The summed E-state index contributed by atoms with van der Waals surface area (Å²) in [7, 11) is -1.74. The first-order chi connectivity index (χ1) is 11.6. The van der Waals surface area contributed by atoms with Gasteiger partial charge in [-0.2, -0.15) is 0 Å². The van der Waals surface area contributed by atoms with Crippen molar-refractivity contribution in [3.8, 4) is 0 Å². The van der Waals surface area contributed by atoms with E-state index in [0.717, 1.165) is 12.0 Å². The molecule has 0 saturated carbocycles.